The average molecular weight is 435 g/mol. The zero-order valence-electron chi connectivity index (χ0n) is 15.5. The van der Waals surface area contributed by atoms with Gasteiger partial charge in [0.05, 0.1) is 4.90 Å². The molecule has 1 N–H and O–H groups in total. The Bertz CT molecular complexity index is 1100. The molecule has 2 aromatic heterocycles. The third-order valence-electron chi connectivity index (χ3n) is 4.60. The second-order valence-electron chi connectivity index (χ2n) is 6.79. The van der Waals surface area contributed by atoms with Gasteiger partial charge in [-0.1, -0.05) is 16.5 Å². The number of carbonyl (C=O) groups is 1. The molecule has 152 valence electrons. The van der Waals surface area contributed by atoms with Crippen molar-refractivity contribution >= 4 is 33.5 Å². The maximum atomic E-state index is 12.8. The third kappa shape index (κ3) is 4.18. The lowest BCUT2D eigenvalue weighted by molar-refractivity contribution is 0.102. The first-order valence-electron chi connectivity index (χ1n) is 8.96. The number of hydrogen-bond acceptors (Lipinski definition) is 9. The van der Waals surface area contributed by atoms with E-state index in [9.17, 15) is 13.2 Å². The smallest absolute Gasteiger partial charge is 0.322 e. The molecule has 1 atom stereocenters. The zero-order valence-corrected chi connectivity index (χ0v) is 17.1. The van der Waals surface area contributed by atoms with Crippen molar-refractivity contribution in [1.82, 2.24) is 24.1 Å². The fourth-order valence-electron chi connectivity index (χ4n) is 3.10. The van der Waals surface area contributed by atoms with Gasteiger partial charge in [-0.15, -0.1) is 10.2 Å². The van der Waals surface area contributed by atoms with Crippen molar-refractivity contribution in [2.24, 2.45) is 5.92 Å². The van der Waals surface area contributed by atoms with Gasteiger partial charge in [-0.05, 0) is 54.6 Å². The lowest BCUT2D eigenvalue weighted by Gasteiger charge is -2.30. The molecule has 1 fully saturated rings. The van der Waals surface area contributed by atoms with Crippen LogP contribution in [-0.4, -0.2) is 51.5 Å². The summed E-state index contributed by atoms with van der Waals surface area (Å²) in [6.07, 6.45) is 1.88. The molecule has 3 heterocycles. The van der Waals surface area contributed by atoms with E-state index in [0.29, 0.717) is 24.7 Å². The molecular weight excluding hydrogens is 416 g/mol. The Morgan fingerprint density at radius 1 is 1.24 bits per heavy atom. The van der Waals surface area contributed by atoms with Gasteiger partial charge in [0, 0.05) is 24.0 Å². The van der Waals surface area contributed by atoms with Crippen molar-refractivity contribution < 1.29 is 17.6 Å². The van der Waals surface area contributed by atoms with Crippen LogP contribution in [-0.2, 0) is 10.0 Å². The second-order valence-corrected chi connectivity index (χ2v) is 9.34. The highest BCUT2D eigenvalue weighted by Crippen LogP contribution is 2.24. The molecule has 1 aromatic carbocycles. The summed E-state index contributed by atoms with van der Waals surface area (Å²) in [6.45, 7) is 3.07. The van der Waals surface area contributed by atoms with E-state index < -0.39 is 15.9 Å². The molecule has 0 radical (unpaired) electrons. The summed E-state index contributed by atoms with van der Waals surface area (Å²) >= 11 is 1.14. The number of nitrogens with one attached hydrogen (secondary N) is 1. The van der Waals surface area contributed by atoms with Gasteiger partial charge in [-0.25, -0.2) is 8.42 Å². The van der Waals surface area contributed by atoms with E-state index in [1.807, 2.05) is 6.92 Å². The van der Waals surface area contributed by atoms with Gasteiger partial charge in [0.2, 0.25) is 10.0 Å². The van der Waals surface area contributed by atoms with Gasteiger partial charge in [0.15, 0.2) is 5.69 Å². The minimum absolute atomic E-state index is 0.0861. The monoisotopic (exact) mass is 434 g/mol. The van der Waals surface area contributed by atoms with Crippen LogP contribution in [0.15, 0.2) is 39.0 Å². The normalized spacial score (nSPS) is 17.9. The van der Waals surface area contributed by atoms with E-state index in [1.54, 1.807) is 5.38 Å². The summed E-state index contributed by atoms with van der Waals surface area (Å²) in [4.78, 5) is 12.6. The van der Waals surface area contributed by atoms with Crippen LogP contribution in [0.2, 0.25) is 0 Å². The van der Waals surface area contributed by atoms with Crippen LogP contribution in [0.1, 0.15) is 30.1 Å². The molecule has 1 aliphatic rings. The Hall–Kier alpha value is -2.70. The molecule has 0 bridgehead atoms. The quantitative estimate of drug-likeness (QED) is 0.647. The Labute approximate surface area is 171 Å². The second kappa shape index (κ2) is 7.97. The van der Waals surface area contributed by atoms with E-state index in [4.69, 9.17) is 4.42 Å². The van der Waals surface area contributed by atoms with Crippen molar-refractivity contribution in [2.75, 3.05) is 18.4 Å². The molecule has 1 amide bonds. The summed E-state index contributed by atoms with van der Waals surface area (Å²) in [7, 11) is -3.57. The number of benzene rings is 1. The molecule has 4 rings (SSSR count). The van der Waals surface area contributed by atoms with E-state index in [0.717, 1.165) is 24.4 Å². The van der Waals surface area contributed by atoms with E-state index in [2.05, 4.69) is 25.1 Å². The summed E-state index contributed by atoms with van der Waals surface area (Å²) < 4.78 is 36.1. The van der Waals surface area contributed by atoms with E-state index >= 15 is 0 Å². The fraction of sp³-hybridized carbons (Fsp3) is 0.353. The Balaban J connectivity index is 1.45. The van der Waals surface area contributed by atoms with Crippen molar-refractivity contribution in [3.05, 3.63) is 35.2 Å². The van der Waals surface area contributed by atoms with Gasteiger partial charge < -0.3 is 4.42 Å². The Kier molecular flexibility index (Phi) is 5.39. The predicted molar refractivity (Wildman–Crippen MR) is 105 cm³/mol. The highest BCUT2D eigenvalue weighted by molar-refractivity contribution is 7.89. The van der Waals surface area contributed by atoms with Crippen molar-refractivity contribution in [3.8, 4) is 11.6 Å². The standard InChI is InChI=1S/C17H18N6O4S2/c1-11-3-2-8-23(9-11)29(25,26)13-6-4-12(5-7-13)15(24)18-17-21-20-16(27-17)14-10-28-22-19-14/h4-7,10-11H,2-3,8-9H2,1H3,(H,18,21,24). The topological polar surface area (TPSA) is 131 Å². The van der Waals surface area contributed by atoms with Crippen LogP contribution < -0.4 is 5.32 Å². The largest absolute Gasteiger partial charge is 0.401 e. The number of sulfonamides is 1. The molecule has 1 unspecified atom stereocenters. The molecule has 12 heteroatoms. The summed E-state index contributed by atoms with van der Waals surface area (Å²) in [5.41, 5.74) is 0.690. The maximum absolute atomic E-state index is 12.8. The number of aromatic nitrogens is 4. The van der Waals surface area contributed by atoms with Gasteiger partial charge in [0.1, 0.15) is 0 Å². The van der Waals surface area contributed by atoms with Gasteiger partial charge in [-0.2, -0.15) is 4.31 Å². The summed E-state index contributed by atoms with van der Waals surface area (Å²) in [6, 6.07) is 5.69. The molecule has 0 saturated carbocycles. The molecule has 3 aromatic rings. The molecule has 0 aliphatic carbocycles. The average Bonchev–Trinajstić information content (AvgIpc) is 3.40. The maximum Gasteiger partial charge on any atom is 0.322 e. The Morgan fingerprint density at radius 2 is 2.03 bits per heavy atom. The Morgan fingerprint density at radius 3 is 2.72 bits per heavy atom. The molecule has 0 spiro atoms. The lowest BCUT2D eigenvalue weighted by Crippen LogP contribution is -2.39. The summed E-state index contributed by atoms with van der Waals surface area (Å²) in [5, 5.41) is 15.5. The van der Waals surface area contributed by atoms with E-state index in [1.165, 1.54) is 28.6 Å². The highest BCUT2D eigenvalue weighted by atomic mass is 32.2. The number of anilines is 1. The minimum atomic E-state index is -3.57. The van der Waals surface area contributed by atoms with Gasteiger partial charge >= 0.3 is 6.01 Å². The van der Waals surface area contributed by atoms with Crippen LogP contribution >= 0.6 is 11.5 Å². The van der Waals surface area contributed by atoms with E-state index in [-0.39, 0.29) is 22.4 Å². The first-order valence-corrected chi connectivity index (χ1v) is 11.2. The number of rotatable bonds is 5. The van der Waals surface area contributed by atoms with Crippen LogP contribution in [0.5, 0.6) is 0 Å². The van der Waals surface area contributed by atoms with Crippen molar-refractivity contribution in [1.29, 1.82) is 0 Å². The SMILES string of the molecule is CC1CCCN(S(=O)(=O)c2ccc(C(=O)Nc3nnc(-c4csnn4)o3)cc2)C1. The molecule has 1 saturated heterocycles. The number of carbonyl (C=O) groups excluding carboxylic acids is 1. The molecule has 1 aliphatic heterocycles. The van der Waals surface area contributed by atoms with Gasteiger partial charge in [0.25, 0.3) is 11.8 Å². The first kappa shape index (κ1) is 19.6. The number of amides is 1. The molecule has 29 heavy (non-hydrogen) atoms. The van der Waals surface area contributed by atoms with Crippen LogP contribution in [0, 0.1) is 5.92 Å². The number of hydrogen-bond donors (Lipinski definition) is 1. The summed E-state index contributed by atoms with van der Waals surface area (Å²) in [5.74, 6) is -0.0127. The fourth-order valence-corrected chi connectivity index (χ4v) is 5.12. The zero-order chi connectivity index (χ0) is 20.4. The molecular formula is C17H18N6O4S2. The van der Waals surface area contributed by atoms with Gasteiger partial charge in [-0.3, -0.25) is 10.1 Å². The van der Waals surface area contributed by atoms with Crippen molar-refractivity contribution in [2.45, 2.75) is 24.7 Å². The molecule has 10 nitrogen and oxygen atoms in total. The minimum Gasteiger partial charge on any atom is -0.401 e. The van der Waals surface area contributed by atoms with Crippen LogP contribution in [0.25, 0.3) is 11.6 Å². The van der Waals surface area contributed by atoms with Crippen LogP contribution in [0.3, 0.4) is 0 Å². The number of nitrogens with zero attached hydrogens (tertiary/aromatic N) is 5. The predicted octanol–water partition coefficient (Wildman–Crippen LogP) is 2.26. The van der Waals surface area contributed by atoms with Crippen LogP contribution in [0.4, 0.5) is 6.01 Å². The first-order chi connectivity index (χ1) is 13.9. The highest BCUT2D eigenvalue weighted by Gasteiger charge is 2.28. The third-order valence-corrected chi connectivity index (χ3v) is 6.98. The lowest BCUT2D eigenvalue weighted by atomic mass is 10.0. The van der Waals surface area contributed by atoms with Crippen molar-refractivity contribution in [3.63, 3.8) is 0 Å². The number of piperidine rings is 1.